The molecule has 3 heteroatoms. The molecule has 1 aliphatic carbocycles. The maximum atomic E-state index is 5.46. The van der Waals surface area contributed by atoms with E-state index in [9.17, 15) is 0 Å². The largest absolute Gasteiger partial charge is 0.495 e. The fourth-order valence-corrected chi connectivity index (χ4v) is 2.37. The molecule has 106 valence electrons. The van der Waals surface area contributed by atoms with Crippen molar-refractivity contribution in [2.24, 2.45) is 5.41 Å². The average Bonchev–Trinajstić information content (AvgIpc) is 3.08. The summed E-state index contributed by atoms with van der Waals surface area (Å²) in [4.78, 5) is 2.18. The van der Waals surface area contributed by atoms with Gasteiger partial charge in [0.25, 0.3) is 0 Å². The number of nitrogens with one attached hydrogen (secondary N) is 1. The van der Waals surface area contributed by atoms with E-state index in [2.05, 4.69) is 56.4 Å². The topological polar surface area (TPSA) is 24.5 Å². The lowest BCUT2D eigenvalue weighted by Crippen LogP contribution is -2.25. The maximum absolute atomic E-state index is 5.46. The van der Waals surface area contributed by atoms with Crippen LogP contribution >= 0.6 is 0 Å². The highest BCUT2D eigenvalue weighted by Gasteiger charge is 2.42. The van der Waals surface area contributed by atoms with Gasteiger partial charge in [0.15, 0.2) is 0 Å². The Bertz CT molecular complexity index is 438. The number of hydrogen-bond acceptors (Lipinski definition) is 3. The van der Waals surface area contributed by atoms with Gasteiger partial charge >= 0.3 is 0 Å². The Kier molecular flexibility index (Phi) is 4.04. The maximum Gasteiger partial charge on any atom is 0.141 e. The Morgan fingerprint density at radius 2 is 2.05 bits per heavy atom. The zero-order chi connectivity index (χ0) is 14.0. The van der Waals surface area contributed by atoms with Crippen LogP contribution in [0.3, 0.4) is 0 Å². The summed E-state index contributed by atoms with van der Waals surface area (Å²) in [6, 6.07) is 6.88. The summed E-state index contributed by atoms with van der Waals surface area (Å²) in [6.07, 6.45) is 2.64. The quantitative estimate of drug-likeness (QED) is 0.851. The monoisotopic (exact) mass is 262 g/mol. The number of benzene rings is 1. The van der Waals surface area contributed by atoms with Crippen molar-refractivity contribution in [3.63, 3.8) is 0 Å². The molecule has 0 aliphatic heterocycles. The first kappa shape index (κ1) is 14.2. The van der Waals surface area contributed by atoms with E-state index in [1.165, 1.54) is 18.4 Å². The Hall–Kier alpha value is -1.22. The number of methoxy groups -OCH3 is 1. The molecule has 0 aromatic heterocycles. The summed E-state index contributed by atoms with van der Waals surface area (Å²) in [7, 11) is 5.91. The van der Waals surface area contributed by atoms with Crippen molar-refractivity contribution in [3.05, 3.63) is 23.8 Å². The van der Waals surface area contributed by atoms with Crippen molar-refractivity contribution < 1.29 is 4.74 Å². The Morgan fingerprint density at radius 1 is 1.37 bits per heavy atom. The third-order valence-corrected chi connectivity index (χ3v) is 4.22. The molecule has 1 aromatic rings. The molecule has 19 heavy (non-hydrogen) atoms. The first-order valence-corrected chi connectivity index (χ1v) is 7.03. The smallest absolute Gasteiger partial charge is 0.141 e. The van der Waals surface area contributed by atoms with Crippen molar-refractivity contribution >= 4 is 5.69 Å². The lowest BCUT2D eigenvalue weighted by atomic mass is 10.0. The van der Waals surface area contributed by atoms with E-state index in [1.54, 1.807) is 7.11 Å². The summed E-state index contributed by atoms with van der Waals surface area (Å²) in [5.41, 5.74) is 2.88. The molecule has 0 saturated heterocycles. The van der Waals surface area contributed by atoms with Gasteiger partial charge in [-0.1, -0.05) is 13.0 Å². The predicted octanol–water partition coefficient (Wildman–Crippen LogP) is 3.36. The molecule has 1 aliphatic rings. The van der Waals surface area contributed by atoms with Crippen LogP contribution in [0.2, 0.25) is 0 Å². The van der Waals surface area contributed by atoms with Crippen LogP contribution in [-0.2, 0) is 6.54 Å². The molecule has 2 rings (SSSR count). The predicted molar refractivity (Wildman–Crippen MR) is 80.8 cm³/mol. The molecule has 1 N–H and O–H groups in total. The first-order valence-electron chi connectivity index (χ1n) is 7.03. The molecule has 1 unspecified atom stereocenters. The Labute approximate surface area is 116 Å². The molecule has 1 fully saturated rings. The zero-order valence-electron chi connectivity index (χ0n) is 12.8. The molecule has 0 heterocycles. The van der Waals surface area contributed by atoms with Crippen LogP contribution in [-0.4, -0.2) is 32.1 Å². The van der Waals surface area contributed by atoms with Crippen molar-refractivity contribution in [3.8, 4) is 5.75 Å². The zero-order valence-corrected chi connectivity index (χ0v) is 12.8. The van der Waals surface area contributed by atoms with Crippen molar-refractivity contribution in [2.75, 3.05) is 26.5 Å². The van der Waals surface area contributed by atoms with E-state index in [1.807, 2.05) is 0 Å². The first-order chi connectivity index (χ1) is 8.94. The summed E-state index contributed by atoms with van der Waals surface area (Å²) < 4.78 is 5.46. The SMILES string of the molecule is COc1ccc(CN(C)C)cc1NC(C)C1(C)CC1. The highest BCUT2D eigenvalue weighted by Crippen LogP contribution is 2.49. The van der Waals surface area contributed by atoms with Crippen LogP contribution in [0.15, 0.2) is 18.2 Å². The van der Waals surface area contributed by atoms with E-state index in [0.717, 1.165) is 18.0 Å². The van der Waals surface area contributed by atoms with Crippen LogP contribution in [0, 0.1) is 5.41 Å². The van der Waals surface area contributed by atoms with Gasteiger partial charge in [-0.05, 0) is 57.0 Å². The second-order valence-electron chi connectivity index (χ2n) is 6.29. The number of nitrogens with zero attached hydrogens (tertiary/aromatic N) is 1. The van der Waals surface area contributed by atoms with Gasteiger partial charge in [0.05, 0.1) is 12.8 Å². The molecule has 0 radical (unpaired) electrons. The van der Waals surface area contributed by atoms with E-state index in [-0.39, 0.29) is 0 Å². The minimum atomic E-state index is 0.461. The minimum Gasteiger partial charge on any atom is -0.495 e. The van der Waals surface area contributed by atoms with Crippen LogP contribution in [0.4, 0.5) is 5.69 Å². The molecule has 0 bridgehead atoms. The third kappa shape index (κ3) is 3.41. The van der Waals surface area contributed by atoms with E-state index < -0.39 is 0 Å². The Morgan fingerprint density at radius 3 is 2.58 bits per heavy atom. The summed E-state index contributed by atoms with van der Waals surface area (Å²) >= 11 is 0. The van der Waals surface area contributed by atoms with Gasteiger partial charge < -0.3 is 15.0 Å². The van der Waals surface area contributed by atoms with Gasteiger partial charge in [-0.25, -0.2) is 0 Å². The van der Waals surface area contributed by atoms with E-state index >= 15 is 0 Å². The number of hydrogen-bond donors (Lipinski definition) is 1. The van der Waals surface area contributed by atoms with Gasteiger partial charge in [0.1, 0.15) is 5.75 Å². The lowest BCUT2D eigenvalue weighted by Gasteiger charge is -2.23. The molecule has 0 amide bonds. The van der Waals surface area contributed by atoms with Gasteiger partial charge in [0, 0.05) is 12.6 Å². The molecular formula is C16H26N2O. The van der Waals surface area contributed by atoms with E-state index in [0.29, 0.717) is 11.5 Å². The van der Waals surface area contributed by atoms with Crippen LogP contribution < -0.4 is 10.1 Å². The second-order valence-corrected chi connectivity index (χ2v) is 6.29. The third-order valence-electron chi connectivity index (χ3n) is 4.22. The highest BCUT2D eigenvalue weighted by atomic mass is 16.5. The summed E-state index contributed by atoms with van der Waals surface area (Å²) in [6.45, 7) is 5.57. The average molecular weight is 262 g/mol. The van der Waals surface area contributed by atoms with E-state index in [4.69, 9.17) is 4.74 Å². The molecule has 3 nitrogen and oxygen atoms in total. The van der Waals surface area contributed by atoms with Crippen LogP contribution in [0.1, 0.15) is 32.3 Å². The van der Waals surface area contributed by atoms with Crippen molar-refractivity contribution in [1.82, 2.24) is 4.90 Å². The minimum absolute atomic E-state index is 0.461. The van der Waals surface area contributed by atoms with Crippen molar-refractivity contribution in [1.29, 1.82) is 0 Å². The van der Waals surface area contributed by atoms with Gasteiger partial charge in [0.2, 0.25) is 0 Å². The number of ether oxygens (including phenoxy) is 1. The number of anilines is 1. The lowest BCUT2D eigenvalue weighted by molar-refractivity contribution is 0.399. The van der Waals surface area contributed by atoms with Gasteiger partial charge in [-0.3, -0.25) is 0 Å². The normalized spacial score (nSPS) is 18.2. The molecule has 1 aromatic carbocycles. The fraction of sp³-hybridized carbons (Fsp3) is 0.625. The highest BCUT2D eigenvalue weighted by molar-refractivity contribution is 5.59. The van der Waals surface area contributed by atoms with Crippen LogP contribution in [0.25, 0.3) is 0 Å². The number of rotatable bonds is 6. The molecule has 1 atom stereocenters. The van der Waals surface area contributed by atoms with Gasteiger partial charge in [-0.2, -0.15) is 0 Å². The summed E-state index contributed by atoms with van der Waals surface area (Å²) in [5.74, 6) is 0.929. The van der Waals surface area contributed by atoms with Gasteiger partial charge in [-0.15, -0.1) is 0 Å². The summed E-state index contributed by atoms with van der Waals surface area (Å²) in [5, 5.41) is 3.63. The second kappa shape index (κ2) is 5.41. The molecule has 1 saturated carbocycles. The van der Waals surface area contributed by atoms with Crippen LogP contribution in [0.5, 0.6) is 5.75 Å². The Balaban J connectivity index is 2.16. The standard InChI is InChI=1S/C16H26N2O/c1-12(16(2)8-9-16)17-14-10-13(11-18(3)4)6-7-15(14)19-5/h6-7,10,12,17H,8-9,11H2,1-5H3. The fourth-order valence-electron chi connectivity index (χ4n) is 2.37. The van der Waals surface area contributed by atoms with Crippen molar-refractivity contribution in [2.45, 2.75) is 39.3 Å². The molecular weight excluding hydrogens is 236 g/mol. The molecule has 0 spiro atoms.